The molecule has 2 aliphatic carbocycles. The van der Waals surface area contributed by atoms with E-state index in [0.717, 1.165) is 17.4 Å². The van der Waals surface area contributed by atoms with Gasteiger partial charge in [0.25, 0.3) is 5.91 Å². The van der Waals surface area contributed by atoms with Crippen LogP contribution in [0.3, 0.4) is 0 Å². The van der Waals surface area contributed by atoms with Crippen molar-refractivity contribution in [3.05, 3.63) is 29.6 Å². The van der Waals surface area contributed by atoms with Gasteiger partial charge in [0, 0.05) is 19.0 Å². The van der Waals surface area contributed by atoms with E-state index in [9.17, 15) is 9.59 Å². The van der Waals surface area contributed by atoms with Gasteiger partial charge in [0.05, 0.1) is 6.07 Å². The summed E-state index contributed by atoms with van der Waals surface area (Å²) in [6, 6.07) is 5.47. The molecule has 132 valence electrons. The molecule has 5 nitrogen and oxygen atoms in total. The highest BCUT2D eigenvalue weighted by Gasteiger charge is 2.39. The number of hydrogen-bond donors (Lipinski definition) is 1. The summed E-state index contributed by atoms with van der Waals surface area (Å²) in [6.45, 7) is 3.27. The van der Waals surface area contributed by atoms with Crippen molar-refractivity contribution in [3.63, 3.8) is 0 Å². The van der Waals surface area contributed by atoms with Crippen molar-refractivity contribution in [2.24, 2.45) is 17.8 Å². The van der Waals surface area contributed by atoms with Crippen LogP contribution in [0.25, 0.3) is 0 Å². The van der Waals surface area contributed by atoms with Gasteiger partial charge >= 0.3 is 0 Å². The van der Waals surface area contributed by atoms with Crippen molar-refractivity contribution in [1.29, 1.82) is 5.26 Å². The van der Waals surface area contributed by atoms with Gasteiger partial charge in [0.2, 0.25) is 0 Å². The first-order valence-electron chi connectivity index (χ1n) is 9.06. The molecule has 2 bridgehead atoms. The number of aromatic nitrogens is 1. The SMILES string of the molecule is CC(C)(C#N)NC(=O)c1cc(CC(=O)CC2CC3CCC2C3)ccn1. The molecule has 0 saturated heterocycles. The summed E-state index contributed by atoms with van der Waals surface area (Å²) in [5.41, 5.74) is 0.100. The lowest BCUT2D eigenvalue weighted by molar-refractivity contribution is -0.119. The monoisotopic (exact) mass is 339 g/mol. The van der Waals surface area contributed by atoms with Gasteiger partial charge in [-0.05, 0) is 68.6 Å². The Morgan fingerprint density at radius 3 is 2.80 bits per heavy atom. The van der Waals surface area contributed by atoms with Crippen LogP contribution in [-0.4, -0.2) is 22.2 Å². The van der Waals surface area contributed by atoms with E-state index in [-0.39, 0.29) is 11.5 Å². The van der Waals surface area contributed by atoms with Crippen molar-refractivity contribution in [1.82, 2.24) is 10.3 Å². The van der Waals surface area contributed by atoms with Gasteiger partial charge < -0.3 is 5.32 Å². The highest BCUT2D eigenvalue weighted by molar-refractivity contribution is 5.93. The number of nitrogens with one attached hydrogen (secondary N) is 1. The van der Waals surface area contributed by atoms with Crippen molar-refractivity contribution in [2.75, 3.05) is 0 Å². The number of carbonyl (C=O) groups excluding carboxylic acids is 2. The fourth-order valence-electron chi connectivity index (χ4n) is 4.30. The van der Waals surface area contributed by atoms with Crippen LogP contribution in [0.4, 0.5) is 0 Å². The predicted molar refractivity (Wildman–Crippen MR) is 93.7 cm³/mol. The third-order valence-corrected chi connectivity index (χ3v) is 5.54. The molecule has 2 aliphatic rings. The zero-order valence-electron chi connectivity index (χ0n) is 14.9. The second kappa shape index (κ2) is 6.95. The number of rotatable bonds is 6. The molecule has 1 aromatic heterocycles. The van der Waals surface area contributed by atoms with E-state index in [0.29, 0.717) is 18.8 Å². The predicted octanol–water partition coefficient (Wildman–Crippen LogP) is 3.05. The summed E-state index contributed by atoms with van der Waals surface area (Å²) in [6.07, 6.45) is 7.71. The van der Waals surface area contributed by atoms with Gasteiger partial charge in [0.15, 0.2) is 0 Å². The second-order valence-corrected chi connectivity index (χ2v) is 8.09. The van der Waals surface area contributed by atoms with Crippen LogP contribution in [-0.2, 0) is 11.2 Å². The van der Waals surface area contributed by atoms with Crippen LogP contribution in [0, 0.1) is 29.1 Å². The van der Waals surface area contributed by atoms with E-state index in [1.807, 2.05) is 6.07 Å². The molecule has 1 amide bonds. The van der Waals surface area contributed by atoms with Crippen LogP contribution >= 0.6 is 0 Å². The molecule has 1 aromatic rings. The van der Waals surface area contributed by atoms with E-state index in [1.54, 1.807) is 32.2 Å². The molecule has 2 saturated carbocycles. The van der Waals surface area contributed by atoms with E-state index in [4.69, 9.17) is 5.26 Å². The maximum absolute atomic E-state index is 12.4. The Bertz CT molecular complexity index is 720. The number of carbonyl (C=O) groups is 2. The molecule has 1 N–H and O–H groups in total. The number of hydrogen-bond acceptors (Lipinski definition) is 4. The highest BCUT2D eigenvalue weighted by Crippen LogP contribution is 2.49. The minimum Gasteiger partial charge on any atom is -0.333 e. The Labute approximate surface area is 148 Å². The Balaban J connectivity index is 1.59. The Morgan fingerprint density at radius 1 is 1.36 bits per heavy atom. The summed E-state index contributed by atoms with van der Waals surface area (Å²) in [5.74, 6) is 2.01. The minimum absolute atomic E-state index is 0.243. The third kappa shape index (κ3) is 4.25. The molecule has 3 rings (SSSR count). The lowest BCUT2D eigenvalue weighted by Gasteiger charge is -2.20. The van der Waals surface area contributed by atoms with E-state index in [1.165, 1.54) is 25.7 Å². The molecule has 1 heterocycles. The normalized spacial score (nSPS) is 24.8. The zero-order valence-corrected chi connectivity index (χ0v) is 14.9. The van der Waals surface area contributed by atoms with E-state index in [2.05, 4.69) is 10.3 Å². The summed E-state index contributed by atoms with van der Waals surface area (Å²) in [4.78, 5) is 28.7. The van der Waals surface area contributed by atoms with Crippen LogP contribution < -0.4 is 5.32 Å². The molecule has 2 fully saturated rings. The topological polar surface area (TPSA) is 82.9 Å². The highest BCUT2D eigenvalue weighted by atomic mass is 16.2. The van der Waals surface area contributed by atoms with E-state index >= 15 is 0 Å². The van der Waals surface area contributed by atoms with Crippen molar-refractivity contribution in [3.8, 4) is 6.07 Å². The number of nitriles is 1. The quantitative estimate of drug-likeness (QED) is 0.863. The molecule has 3 unspecified atom stereocenters. The van der Waals surface area contributed by atoms with Gasteiger partial charge in [-0.15, -0.1) is 0 Å². The second-order valence-electron chi connectivity index (χ2n) is 8.09. The number of pyridine rings is 1. The smallest absolute Gasteiger partial charge is 0.271 e. The fraction of sp³-hybridized carbons (Fsp3) is 0.600. The molecule has 0 radical (unpaired) electrons. The summed E-state index contributed by atoms with van der Waals surface area (Å²) in [5, 5.41) is 11.6. The molecule has 0 aromatic carbocycles. The zero-order chi connectivity index (χ0) is 18.0. The third-order valence-electron chi connectivity index (χ3n) is 5.54. The van der Waals surface area contributed by atoms with Gasteiger partial charge in [-0.2, -0.15) is 5.26 Å². The van der Waals surface area contributed by atoms with Crippen molar-refractivity contribution < 1.29 is 9.59 Å². The maximum atomic E-state index is 12.4. The molecule has 0 spiro atoms. The van der Waals surface area contributed by atoms with Crippen LogP contribution in [0.5, 0.6) is 0 Å². The Morgan fingerprint density at radius 2 is 2.16 bits per heavy atom. The molecule has 3 atom stereocenters. The fourth-order valence-corrected chi connectivity index (χ4v) is 4.30. The number of fused-ring (bicyclic) bond motifs is 2. The summed E-state index contributed by atoms with van der Waals surface area (Å²) >= 11 is 0. The Hall–Kier alpha value is -2.22. The molecular weight excluding hydrogens is 314 g/mol. The first-order chi connectivity index (χ1) is 11.9. The average Bonchev–Trinajstić information content (AvgIpc) is 3.17. The Kier molecular flexibility index (Phi) is 4.89. The molecular formula is C20H25N3O2. The van der Waals surface area contributed by atoms with Crippen LogP contribution in [0.1, 0.15) is 62.0 Å². The van der Waals surface area contributed by atoms with Gasteiger partial charge in [0.1, 0.15) is 17.0 Å². The molecule has 25 heavy (non-hydrogen) atoms. The molecule has 0 aliphatic heterocycles. The number of nitrogens with zero attached hydrogens (tertiary/aromatic N) is 2. The largest absolute Gasteiger partial charge is 0.333 e. The number of Topliss-reactive ketones (excluding diaryl/α,β-unsaturated/α-hetero) is 1. The minimum atomic E-state index is -0.952. The van der Waals surface area contributed by atoms with Crippen molar-refractivity contribution >= 4 is 11.7 Å². The number of amides is 1. The van der Waals surface area contributed by atoms with Crippen LogP contribution in [0.2, 0.25) is 0 Å². The average molecular weight is 339 g/mol. The van der Waals surface area contributed by atoms with Gasteiger partial charge in [-0.25, -0.2) is 0 Å². The first-order valence-corrected chi connectivity index (χ1v) is 9.06. The number of ketones is 1. The summed E-state index contributed by atoms with van der Waals surface area (Å²) < 4.78 is 0. The van der Waals surface area contributed by atoms with Gasteiger partial charge in [-0.1, -0.05) is 6.42 Å². The maximum Gasteiger partial charge on any atom is 0.271 e. The lowest BCUT2D eigenvalue weighted by atomic mass is 9.84. The standard InChI is InChI=1S/C20H25N3O2/c1-20(2,12-21)23-19(25)18-10-14(5-6-22-18)9-17(24)11-16-8-13-3-4-15(16)7-13/h5-6,10,13,15-16H,3-4,7-9,11H2,1-2H3,(H,23,25). The van der Waals surface area contributed by atoms with Crippen molar-refractivity contribution in [2.45, 2.75) is 57.9 Å². The van der Waals surface area contributed by atoms with Crippen LogP contribution in [0.15, 0.2) is 18.3 Å². The summed E-state index contributed by atoms with van der Waals surface area (Å²) in [7, 11) is 0. The molecule has 5 heteroatoms. The lowest BCUT2D eigenvalue weighted by Crippen LogP contribution is -2.42. The van der Waals surface area contributed by atoms with Gasteiger partial charge in [-0.3, -0.25) is 14.6 Å². The van der Waals surface area contributed by atoms with E-state index < -0.39 is 11.4 Å². The first kappa shape index (κ1) is 17.6.